The third kappa shape index (κ3) is 45.2. The van der Waals surface area contributed by atoms with Crippen LogP contribution in [0.1, 0.15) is 89.5 Å². The van der Waals surface area contributed by atoms with Crippen LogP contribution in [0.15, 0.2) is 50.0 Å². The van der Waals surface area contributed by atoms with Crippen molar-refractivity contribution in [2.45, 2.75) is 101 Å². The molecule has 9 nitrogen and oxygen atoms in total. The molecule has 0 rings (SSSR count). The predicted molar refractivity (Wildman–Crippen MR) is 170 cm³/mol. The molecule has 0 fully saturated rings. The van der Waals surface area contributed by atoms with Gasteiger partial charge in [0.25, 0.3) is 0 Å². The molecule has 10 heteroatoms. The smallest absolute Gasteiger partial charge is 0.243 e. The van der Waals surface area contributed by atoms with Crippen molar-refractivity contribution in [3.63, 3.8) is 0 Å². The van der Waals surface area contributed by atoms with Crippen LogP contribution in [-0.4, -0.2) is 50.3 Å². The van der Waals surface area contributed by atoms with E-state index in [0.717, 1.165) is 18.4 Å². The van der Waals surface area contributed by atoms with E-state index in [2.05, 4.69) is 88.5 Å². The van der Waals surface area contributed by atoms with Crippen LogP contribution in [0.5, 0.6) is 0 Å². The van der Waals surface area contributed by atoms with Crippen molar-refractivity contribution >= 4 is 27.7 Å². The van der Waals surface area contributed by atoms with Gasteiger partial charge < -0.3 is 16.0 Å². The van der Waals surface area contributed by atoms with E-state index in [1.165, 1.54) is 18.2 Å². The second-order valence-corrected chi connectivity index (χ2v) is 14.9. The fourth-order valence-electron chi connectivity index (χ4n) is 1.95. The summed E-state index contributed by atoms with van der Waals surface area (Å²) in [7, 11) is -3.26. The van der Waals surface area contributed by atoms with Crippen LogP contribution in [-0.2, 0) is 24.4 Å². The number of rotatable bonds is 8. The zero-order valence-corrected chi connectivity index (χ0v) is 28.0. The van der Waals surface area contributed by atoms with Gasteiger partial charge in [0.2, 0.25) is 27.7 Å². The van der Waals surface area contributed by atoms with E-state index >= 15 is 0 Å². The highest BCUT2D eigenvalue weighted by Gasteiger charge is 2.16. The lowest BCUT2D eigenvalue weighted by Gasteiger charge is -2.18. The van der Waals surface area contributed by atoms with Crippen molar-refractivity contribution in [3.05, 3.63) is 50.0 Å². The standard InChI is InChI=1S/C9H17NO.C8H15NO.C7H13NO.C6H13NO2S/c1-5-8(11)10-7-6-9(2,3)4;1-5-7(10)9-6-8(2,3)4;1-5-6(9)8-7(2,3)4;1-5-10(8,9)7-6(2,3)4/h5H,1,6-7H2,2-4H3,(H,10,11);5H,1,6H2,2-4H3,(H,9,10);5H,1H2,2-4H3,(H,8,9);5,7H,1H2,2-4H3. The number of nitrogens with one attached hydrogen (secondary N) is 4. The van der Waals surface area contributed by atoms with Gasteiger partial charge in [-0.2, -0.15) is 0 Å². The van der Waals surface area contributed by atoms with Crippen LogP contribution in [0.3, 0.4) is 0 Å². The number of sulfonamides is 1. The molecule has 0 spiro atoms. The lowest BCUT2D eigenvalue weighted by atomic mass is 9.92. The first-order valence-corrected chi connectivity index (χ1v) is 14.6. The van der Waals surface area contributed by atoms with E-state index in [0.29, 0.717) is 6.54 Å². The Hall–Kier alpha value is -2.72. The molecule has 0 heterocycles. The van der Waals surface area contributed by atoms with Crippen molar-refractivity contribution in [3.8, 4) is 0 Å². The third-order valence-corrected chi connectivity index (χ3v) is 5.03. The molecule has 4 N–H and O–H groups in total. The summed E-state index contributed by atoms with van der Waals surface area (Å²) in [6.45, 7) is 38.4. The number of hydrogen-bond donors (Lipinski definition) is 4. The minimum atomic E-state index is -3.26. The molecule has 0 atom stereocenters. The summed E-state index contributed by atoms with van der Waals surface area (Å²) in [5.74, 6) is -0.313. The number of amides is 3. The number of hydrogen-bond acceptors (Lipinski definition) is 5. The van der Waals surface area contributed by atoms with Gasteiger partial charge in [-0.3, -0.25) is 14.4 Å². The molecule has 0 unspecified atom stereocenters. The largest absolute Gasteiger partial charge is 0.353 e. The first kappa shape index (κ1) is 44.3. The summed E-state index contributed by atoms with van der Waals surface area (Å²) in [5.41, 5.74) is -0.134. The van der Waals surface area contributed by atoms with E-state index in [9.17, 15) is 22.8 Å². The van der Waals surface area contributed by atoms with Gasteiger partial charge in [-0.05, 0) is 77.0 Å². The Bertz CT molecular complexity index is 912. The second kappa shape index (κ2) is 20.2. The first-order valence-electron chi connectivity index (χ1n) is 13.0. The number of carbonyl (C=O) groups is 3. The Labute approximate surface area is 245 Å². The van der Waals surface area contributed by atoms with Gasteiger partial charge in [-0.1, -0.05) is 67.9 Å². The quantitative estimate of drug-likeness (QED) is 0.297. The first-order chi connectivity index (χ1) is 17.6. The Morgan fingerprint density at radius 1 is 0.625 bits per heavy atom. The average molecular weight is 587 g/mol. The van der Waals surface area contributed by atoms with Crippen molar-refractivity contribution < 1.29 is 22.8 Å². The van der Waals surface area contributed by atoms with Crippen LogP contribution in [0.2, 0.25) is 0 Å². The highest BCUT2D eigenvalue weighted by molar-refractivity contribution is 7.92. The molecule has 0 bridgehead atoms. The van der Waals surface area contributed by atoms with Gasteiger partial charge >= 0.3 is 0 Å². The molecule has 40 heavy (non-hydrogen) atoms. The zero-order valence-electron chi connectivity index (χ0n) is 27.2. The molecule has 0 aromatic heterocycles. The van der Waals surface area contributed by atoms with Gasteiger partial charge in [-0.25, -0.2) is 13.1 Å². The van der Waals surface area contributed by atoms with E-state index in [1.54, 1.807) is 20.8 Å². The molecule has 0 aromatic carbocycles. The Morgan fingerprint density at radius 2 is 1.02 bits per heavy atom. The molecule has 0 radical (unpaired) electrons. The minimum absolute atomic E-state index is 0.0887. The van der Waals surface area contributed by atoms with Crippen molar-refractivity contribution in [2.24, 2.45) is 10.8 Å². The lowest BCUT2D eigenvalue weighted by Crippen LogP contribution is -2.39. The summed E-state index contributed by atoms with van der Waals surface area (Å²) >= 11 is 0. The predicted octanol–water partition coefficient (Wildman–Crippen LogP) is 4.99. The van der Waals surface area contributed by atoms with Crippen LogP contribution < -0.4 is 20.7 Å². The van der Waals surface area contributed by atoms with Crippen LogP contribution in [0, 0.1) is 10.8 Å². The molecule has 0 aliphatic heterocycles. The van der Waals surface area contributed by atoms with Gasteiger partial charge in [-0.15, -0.1) is 0 Å². The molecular weight excluding hydrogens is 528 g/mol. The maximum Gasteiger partial charge on any atom is 0.243 e. The molecule has 0 saturated heterocycles. The Morgan fingerprint density at radius 3 is 1.25 bits per heavy atom. The molecule has 3 amide bonds. The minimum Gasteiger partial charge on any atom is -0.353 e. The topological polar surface area (TPSA) is 133 Å². The summed E-state index contributed by atoms with van der Waals surface area (Å²) in [6.07, 6.45) is 4.84. The molecular formula is C30H58N4O5S. The van der Waals surface area contributed by atoms with Crippen molar-refractivity contribution in [1.29, 1.82) is 0 Å². The molecule has 0 aliphatic rings. The fraction of sp³-hybridized carbons (Fsp3) is 0.633. The van der Waals surface area contributed by atoms with Crippen molar-refractivity contribution in [2.75, 3.05) is 13.1 Å². The molecule has 0 aliphatic carbocycles. The monoisotopic (exact) mass is 586 g/mol. The summed E-state index contributed by atoms with van der Waals surface area (Å²) in [4.78, 5) is 31.9. The van der Waals surface area contributed by atoms with Gasteiger partial charge in [0.1, 0.15) is 0 Å². The van der Waals surface area contributed by atoms with E-state index in [-0.39, 0.29) is 34.1 Å². The molecule has 234 valence electrons. The lowest BCUT2D eigenvalue weighted by molar-refractivity contribution is -0.118. The SMILES string of the molecule is C=CC(=O)NC(C)(C)C.C=CC(=O)NCC(C)(C)C.C=CC(=O)NCCC(C)(C)C.C=CS(=O)(=O)NC(C)(C)C. The molecule has 0 aromatic rings. The normalized spacial score (nSPS) is 11.3. The van der Waals surface area contributed by atoms with E-state index in [4.69, 9.17) is 0 Å². The average Bonchev–Trinajstić information content (AvgIpc) is 2.74. The van der Waals surface area contributed by atoms with Crippen LogP contribution >= 0.6 is 0 Å². The van der Waals surface area contributed by atoms with Gasteiger partial charge in [0.05, 0.1) is 0 Å². The maximum atomic E-state index is 10.8. The molecule has 0 saturated carbocycles. The summed E-state index contributed by atoms with van der Waals surface area (Å²) < 4.78 is 24.0. The van der Waals surface area contributed by atoms with Crippen molar-refractivity contribution in [1.82, 2.24) is 20.7 Å². The zero-order chi connectivity index (χ0) is 33.0. The fourth-order valence-corrected chi connectivity index (χ4v) is 2.88. The summed E-state index contributed by atoms with van der Waals surface area (Å²) in [5, 5.41) is 9.06. The second-order valence-electron chi connectivity index (χ2n) is 13.3. The summed E-state index contributed by atoms with van der Waals surface area (Å²) in [6, 6.07) is 0. The van der Waals surface area contributed by atoms with Gasteiger partial charge in [0.15, 0.2) is 0 Å². The van der Waals surface area contributed by atoms with E-state index in [1.807, 2.05) is 20.8 Å². The number of carbonyl (C=O) groups excluding carboxylic acids is 3. The Kier molecular flexibility index (Phi) is 22.4. The highest BCUT2D eigenvalue weighted by Crippen LogP contribution is 2.16. The third-order valence-electron chi connectivity index (χ3n) is 3.69. The van der Waals surface area contributed by atoms with Crippen LogP contribution in [0.25, 0.3) is 0 Å². The van der Waals surface area contributed by atoms with Gasteiger partial charge in [0, 0.05) is 29.6 Å². The van der Waals surface area contributed by atoms with Crippen LogP contribution in [0.4, 0.5) is 0 Å². The maximum absolute atomic E-state index is 10.8. The van der Waals surface area contributed by atoms with E-state index < -0.39 is 15.6 Å². The Balaban J connectivity index is -0.000000217. The highest BCUT2D eigenvalue weighted by atomic mass is 32.2.